The van der Waals surface area contributed by atoms with Crippen LogP contribution < -0.4 is 11.1 Å². The van der Waals surface area contributed by atoms with Crippen LogP contribution in [0.15, 0.2) is 0 Å². The lowest BCUT2D eigenvalue weighted by molar-refractivity contribution is -0.161. The topological polar surface area (TPSA) is 95.7 Å². The number of carbonyl (C=O) groups excluding carboxylic acids is 3. The van der Waals surface area contributed by atoms with Crippen LogP contribution in [0.25, 0.3) is 0 Å². The second-order valence-electron chi connectivity index (χ2n) is 4.89. The molecule has 0 aromatic heterocycles. The molecule has 1 aliphatic heterocycles. The third-order valence-corrected chi connectivity index (χ3v) is 3.21. The standard InChI is InChI=1S/C11H18N4O3S/c1-11(2)10(18)14(3)4-5-15(11)9(17)8(16)13-6-7(12)19/h4-6H2,1-3H3,(H2,12,19)(H,13,16). The van der Waals surface area contributed by atoms with Gasteiger partial charge in [-0.1, -0.05) is 12.2 Å². The van der Waals surface area contributed by atoms with Gasteiger partial charge < -0.3 is 20.9 Å². The number of piperazine rings is 1. The van der Waals surface area contributed by atoms with Crippen LogP contribution in [0, 0.1) is 0 Å². The quantitative estimate of drug-likeness (QED) is 0.474. The Morgan fingerprint density at radius 3 is 2.53 bits per heavy atom. The number of hydrogen-bond donors (Lipinski definition) is 2. The normalized spacial score (nSPS) is 18.2. The van der Waals surface area contributed by atoms with Crippen LogP contribution in [-0.4, -0.2) is 64.7 Å². The van der Waals surface area contributed by atoms with E-state index in [0.717, 1.165) is 0 Å². The summed E-state index contributed by atoms with van der Waals surface area (Å²) in [5.74, 6) is -1.75. The average molecular weight is 286 g/mol. The van der Waals surface area contributed by atoms with E-state index in [0.29, 0.717) is 13.1 Å². The molecule has 0 bridgehead atoms. The number of likely N-dealkylation sites (N-methyl/N-ethyl adjacent to an activating group) is 1. The van der Waals surface area contributed by atoms with Gasteiger partial charge in [-0.3, -0.25) is 14.4 Å². The number of nitrogens with two attached hydrogens (primary N) is 1. The zero-order chi connectivity index (χ0) is 14.8. The second kappa shape index (κ2) is 5.52. The van der Waals surface area contributed by atoms with Crippen LogP contribution in [0.3, 0.4) is 0 Å². The molecule has 0 aromatic carbocycles. The third-order valence-electron chi connectivity index (χ3n) is 3.07. The third kappa shape index (κ3) is 3.19. The largest absolute Gasteiger partial charge is 0.392 e. The summed E-state index contributed by atoms with van der Waals surface area (Å²) < 4.78 is 0. The van der Waals surface area contributed by atoms with E-state index < -0.39 is 17.4 Å². The van der Waals surface area contributed by atoms with Crippen LogP contribution in [0.1, 0.15) is 13.8 Å². The highest BCUT2D eigenvalue weighted by atomic mass is 32.1. The van der Waals surface area contributed by atoms with Gasteiger partial charge in [0.2, 0.25) is 5.91 Å². The Balaban J connectivity index is 2.79. The predicted molar refractivity (Wildman–Crippen MR) is 73.2 cm³/mol. The van der Waals surface area contributed by atoms with Crippen LogP contribution in [-0.2, 0) is 14.4 Å². The highest BCUT2D eigenvalue weighted by Gasteiger charge is 2.44. The molecule has 0 aliphatic carbocycles. The molecule has 1 aliphatic rings. The van der Waals surface area contributed by atoms with Gasteiger partial charge in [0.1, 0.15) is 5.54 Å². The Bertz CT molecular complexity index is 436. The van der Waals surface area contributed by atoms with E-state index in [1.807, 2.05) is 0 Å². The van der Waals surface area contributed by atoms with Crippen molar-refractivity contribution in [2.45, 2.75) is 19.4 Å². The van der Waals surface area contributed by atoms with E-state index in [1.165, 1.54) is 9.80 Å². The van der Waals surface area contributed by atoms with E-state index in [-0.39, 0.29) is 17.4 Å². The number of amides is 3. The minimum atomic E-state index is -1.04. The molecule has 0 atom stereocenters. The maximum Gasteiger partial charge on any atom is 0.312 e. The fourth-order valence-electron chi connectivity index (χ4n) is 1.93. The maximum atomic E-state index is 12.0. The van der Waals surface area contributed by atoms with Crippen molar-refractivity contribution in [3.8, 4) is 0 Å². The number of carbonyl (C=O) groups is 3. The molecule has 3 amide bonds. The summed E-state index contributed by atoms with van der Waals surface area (Å²) in [5.41, 5.74) is 4.21. The summed E-state index contributed by atoms with van der Waals surface area (Å²) in [6.45, 7) is 3.90. The molecular weight excluding hydrogens is 268 g/mol. The molecule has 0 radical (unpaired) electrons. The average Bonchev–Trinajstić information content (AvgIpc) is 2.32. The summed E-state index contributed by atoms with van der Waals surface area (Å²) in [6, 6.07) is 0. The van der Waals surface area contributed by atoms with Crippen molar-refractivity contribution in [1.29, 1.82) is 0 Å². The summed E-state index contributed by atoms with van der Waals surface area (Å²) >= 11 is 4.61. The first-order valence-corrected chi connectivity index (χ1v) is 6.22. The van der Waals surface area contributed by atoms with Gasteiger partial charge in [-0.15, -0.1) is 0 Å². The Morgan fingerprint density at radius 1 is 1.42 bits per heavy atom. The smallest absolute Gasteiger partial charge is 0.312 e. The first-order valence-electron chi connectivity index (χ1n) is 5.81. The van der Waals surface area contributed by atoms with E-state index >= 15 is 0 Å². The zero-order valence-corrected chi connectivity index (χ0v) is 12.0. The summed E-state index contributed by atoms with van der Waals surface area (Å²) in [5, 5.41) is 2.32. The van der Waals surface area contributed by atoms with E-state index in [9.17, 15) is 14.4 Å². The molecule has 0 spiro atoms. The van der Waals surface area contributed by atoms with Crippen molar-refractivity contribution in [1.82, 2.24) is 15.1 Å². The van der Waals surface area contributed by atoms with Gasteiger partial charge in [-0.05, 0) is 13.8 Å². The van der Waals surface area contributed by atoms with Crippen LogP contribution in [0.4, 0.5) is 0 Å². The van der Waals surface area contributed by atoms with Crippen molar-refractivity contribution in [2.75, 3.05) is 26.7 Å². The number of hydrogen-bond acceptors (Lipinski definition) is 4. The minimum Gasteiger partial charge on any atom is -0.392 e. The van der Waals surface area contributed by atoms with Crippen molar-refractivity contribution >= 4 is 34.9 Å². The van der Waals surface area contributed by atoms with Gasteiger partial charge in [0.05, 0.1) is 11.5 Å². The van der Waals surface area contributed by atoms with Crippen LogP contribution in [0.5, 0.6) is 0 Å². The lowest BCUT2D eigenvalue weighted by Gasteiger charge is -2.44. The molecule has 1 rings (SSSR count). The highest BCUT2D eigenvalue weighted by Crippen LogP contribution is 2.21. The van der Waals surface area contributed by atoms with Crippen LogP contribution in [0.2, 0.25) is 0 Å². The molecule has 0 aromatic rings. The molecule has 7 nitrogen and oxygen atoms in total. The molecule has 0 saturated carbocycles. The van der Waals surface area contributed by atoms with Crippen LogP contribution >= 0.6 is 12.2 Å². The lowest BCUT2D eigenvalue weighted by Crippen LogP contribution is -2.65. The summed E-state index contributed by atoms with van der Waals surface area (Å²) in [6.07, 6.45) is 0. The molecule has 1 fully saturated rings. The molecular formula is C11H18N4O3S. The maximum absolute atomic E-state index is 12.0. The number of rotatable bonds is 2. The molecule has 1 heterocycles. The Morgan fingerprint density at radius 2 is 2.00 bits per heavy atom. The molecule has 106 valence electrons. The van der Waals surface area contributed by atoms with Gasteiger partial charge >= 0.3 is 11.8 Å². The van der Waals surface area contributed by atoms with Crippen molar-refractivity contribution in [3.05, 3.63) is 0 Å². The second-order valence-corrected chi connectivity index (χ2v) is 5.42. The minimum absolute atomic E-state index is 0.0397. The fraction of sp³-hybridized carbons (Fsp3) is 0.636. The molecule has 0 unspecified atom stereocenters. The lowest BCUT2D eigenvalue weighted by atomic mass is 9.97. The SMILES string of the molecule is CN1CCN(C(=O)C(=O)NCC(N)=S)C(C)(C)C1=O. The van der Waals surface area contributed by atoms with Crippen molar-refractivity contribution < 1.29 is 14.4 Å². The van der Waals surface area contributed by atoms with Gasteiger partial charge in [0, 0.05) is 20.1 Å². The van der Waals surface area contributed by atoms with Crippen molar-refractivity contribution in [2.24, 2.45) is 5.73 Å². The number of nitrogens with one attached hydrogen (secondary N) is 1. The van der Waals surface area contributed by atoms with Crippen molar-refractivity contribution in [3.63, 3.8) is 0 Å². The van der Waals surface area contributed by atoms with Gasteiger partial charge in [-0.25, -0.2) is 0 Å². The van der Waals surface area contributed by atoms with E-state index in [4.69, 9.17) is 5.73 Å². The molecule has 8 heteroatoms. The van der Waals surface area contributed by atoms with Gasteiger partial charge in [0.15, 0.2) is 0 Å². The Hall–Kier alpha value is -1.70. The first kappa shape index (κ1) is 15.4. The Kier molecular flexibility index (Phi) is 4.46. The summed E-state index contributed by atoms with van der Waals surface area (Å²) in [7, 11) is 1.67. The Labute approximate surface area is 117 Å². The summed E-state index contributed by atoms with van der Waals surface area (Å²) in [4.78, 5) is 38.6. The van der Waals surface area contributed by atoms with Gasteiger partial charge in [0.25, 0.3) is 0 Å². The van der Waals surface area contributed by atoms with Gasteiger partial charge in [-0.2, -0.15) is 0 Å². The highest BCUT2D eigenvalue weighted by molar-refractivity contribution is 7.80. The molecule has 1 saturated heterocycles. The van der Waals surface area contributed by atoms with E-state index in [1.54, 1.807) is 20.9 Å². The fourth-order valence-corrected chi connectivity index (χ4v) is 2.01. The first-order chi connectivity index (χ1) is 8.67. The molecule has 3 N–H and O–H groups in total. The molecule has 19 heavy (non-hydrogen) atoms. The monoisotopic (exact) mass is 286 g/mol. The van der Waals surface area contributed by atoms with E-state index in [2.05, 4.69) is 17.5 Å². The number of nitrogens with zero attached hydrogens (tertiary/aromatic N) is 2. The number of thiocarbonyl (C=S) groups is 1. The predicted octanol–water partition coefficient (Wildman–Crippen LogP) is -1.53. The zero-order valence-electron chi connectivity index (χ0n) is 11.2.